The molecule has 4 nitrogen and oxygen atoms in total. The van der Waals surface area contributed by atoms with Gasteiger partial charge in [-0.1, -0.05) is 18.2 Å². The van der Waals surface area contributed by atoms with Crippen molar-refractivity contribution in [2.24, 2.45) is 5.92 Å². The summed E-state index contributed by atoms with van der Waals surface area (Å²) in [6.45, 7) is 0. The molecule has 2 heterocycles. The molecule has 0 saturated carbocycles. The molecule has 2 saturated heterocycles. The summed E-state index contributed by atoms with van der Waals surface area (Å²) in [5.41, 5.74) is 0.598. The largest absolute Gasteiger partial charge is 0.469 e. The molecule has 2 aliphatic heterocycles. The Hall–Kier alpha value is -1.46. The summed E-state index contributed by atoms with van der Waals surface area (Å²) in [7, 11) is 3.03. The first-order valence-corrected chi connectivity index (χ1v) is 7.26. The van der Waals surface area contributed by atoms with Gasteiger partial charge < -0.3 is 14.8 Å². The van der Waals surface area contributed by atoms with E-state index in [1.54, 1.807) is 19.2 Å². The van der Waals surface area contributed by atoms with Gasteiger partial charge in [-0.2, -0.15) is 0 Å². The maximum Gasteiger partial charge on any atom is 0.310 e. The lowest BCUT2D eigenvalue weighted by molar-refractivity contribution is -0.149. The molecule has 0 amide bonds. The highest BCUT2D eigenvalue weighted by Crippen LogP contribution is 2.43. The Balaban J connectivity index is 1.99. The minimum atomic E-state index is -0.421. The van der Waals surface area contributed by atoms with Crippen LogP contribution in [0.5, 0.6) is 0 Å². The molecule has 2 fully saturated rings. The highest BCUT2D eigenvalue weighted by molar-refractivity contribution is 5.75. The third kappa shape index (κ3) is 2.45. The summed E-state index contributed by atoms with van der Waals surface area (Å²) >= 11 is 0. The van der Waals surface area contributed by atoms with Crippen LogP contribution < -0.4 is 5.32 Å². The fourth-order valence-corrected chi connectivity index (χ4v) is 3.86. The second-order valence-corrected chi connectivity index (χ2v) is 5.81. The van der Waals surface area contributed by atoms with E-state index < -0.39 is 5.92 Å². The summed E-state index contributed by atoms with van der Waals surface area (Å²) in [6.07, 6.45) is 1.53. The normalized spacial score (nSPS) is 34.7. The van der Waals surface area contributed by atoms with Crippen LogP contribution in [0.1, 0.15) is 24.3 Å². The van der Waals surface area contributed by atoms with Gasteiger partial charge in [0.15, 0.2) is 0 Å². The summed E-state index contributed by atoms with van der Waals surface area (Å²) in [5.74, 6) is -1.15. The summed E-state index contributed by atoms with van der Waals surface area (Å²) in [6, 6.07) is 6.82. The average Bonchev–Trinajstić information content (AvgIpc) is 2.83. The predicted octanol–water partition coefficient (Wildman–Crippen LogP) is 1.85. The molecular weight excluding hydrogens is 273 g/mol. The molecule has 2 aliphatic rings. The molecule has 114 valence electrons. The fourth-order valence-electron chi connectivity index (χ4n) is 3.86. The Morgan fingerprint density at radius 1 is 1.29 bits per heavy atom. The van der Waals surface area contributed by atoms with Crippen molar-refractivity contribution in [1.29, 1.82) is 0 Å². The van der Waals surface area contributed by atoms with Crippen molar-refractivity contribution in [3.63, 3.8) is 0 Å². The molecular formula is C16H20FNO3. The number of fused-ring (bicyclic) bond motifs is 2. The van der Waals surface area contributed by atoms with Crippen LogP contribution in [0.2, 0.25) is 0 Å². The molecule has 2 bridgehead atoms. The van der Waals surface area contributed by atoms with Crippen LogP contribution in [0, 0.1) is 11.7 Å². The van der Waals surface area contributed by atoms with Gasteiger partial charge in [0.2, 0.25) is 0 Å². The van der Waals surface area contributed by atoms with Crippen LogP contribution in [-0.4, -0.2) is 38.4 Å². The Bertz CT molecular complexity index is 536. The number of nitrogens with one attached hydrogen (secondary N) is 1. The molecule has 0 aliphatic carbocycles. The number of hydrogen-bond acceptors (Lipinski definition) is 4. The number of hydrogen-bond donors (Lipinski definition) is 1. The van der Waals surface area contributed by atoms with Crippen molar-refractivity contribution in [2.75, 3.05) is 14.2 Å². The van der Waals surface area contributed by atoms with E-state index in [0.29, 0.717) is 5.56 Å². The lowest BCUT2D eigenvalue weighted by Gasteiger charge is -2.37. The quantitative estimate of drug-likeness (QED) is 0.864. The highest BCUT2D eigenvalue weighted by Gasteiger charge is 2.51. The zero-order valence-electron chi connectivity index (χ0n) is 12.2. The van der Waals surface area contributed by atoms with Gasteiger partial charge in [0, 0.05) is 25.1 Å². The maximum absolute atomic E-state index is 14.2. The number of carbonyl (C=O) groups is 1. The van der Waals surface area contributed by atoms with Gasteiger partial charge in [-0.05, 0) is 24.5 Å². The van der Waals surface area contributed by atoms with Gasteiger partial charge in [-0.3, -0.25) is 4.79 Å². The zero-order chi connectivity index (χ0) is 15.0. The average molecular weight is 293 g/mol. The zero-order valence-corrected chi connectivity index (χ0v) is 12.2. The Morgan fingerprint density at radius 2 is 2.05 bits per heavy atom. The minimum Gasteiger partial charge on any atom is -0.469 e. The molecule has 1 aromatic carbocycles. The number of halogens is 1. The molecule has 5 atom stereocenters. The second kappa shape index (κ2) is 5.73. The van der Waals surface area contributed by atoms with Crippen molar-refractivity contribution in [3.8, 4) is 0 Å². The number of rotatable bonds is 3. The van der Waals surface area contributed by atoms with Crippen LogP contribution >= 0.6 is 0 Å². The monoisotopic (exact) mass is 293 g/mol. The first kappa shape index (κ1) is 14.5. The minimum absolute atomic E-state index is 0.0316. The number of methoxy groups -OCH3 is 2. The number of carbonyl (C=O) groups excluding carboxylic acids is 1. The first-order chi connectivity index (χ1) is 10.2. The molecule has 4 unspecified atom stereocenters. The second-order valence-electron chi connectivity index (χ2n) is 5.81. The van der Waals surface area contributed by atoms with Crippen LogP contribution in [0.15, 0.2) is 24.3 Å². The van der Waals surface area contributed by atoms with Crippen LogP contribution in [-0.2, 0) is 14.3 Å². The van der Waals surface area contributed by atoms with Crippen LogP contribution in [0.25, 0.3) is 0 Å². The molecule has 1 aromatic rings. The van der Waals surface area contributed by atoms with Crippen molar-refractivity contribution < 1.29 is 18.7 Å². The topological polar surface area (TPSA) is 47.6 Å². The molecule has 0 spiro atoms. The van der Waals surface area contributed by atoms with Crippen molar-refractivity contribution in [3.05, 3.63) is 35.6 Å². The van der Waals surface area contributed by atoms with Crippen molar-refractivity contribution >= 4 is 5.97 Å². The van der Waals surface area contributed by atoms with E-state index in [1.807, 2.05) is 6.07 Å². The molecule has 5 heteroatoms. The number of esters is 1. The fraction of sp³-hybridized carbons (Fsp3) is 0.562. The Labute approximate surface area is 123 Å². The molecule has 3 rings (SSSR count). The van der Waals surface area contributed by atoms with Crippen molar-refractivity contribution in [2.45, 2.75) is 36.9 Å². The highest BCUT2D eigenvalue weighted by atomic mass is 19.1. The van der Waals surface area contributed by atoms with E-state index in [4.69, 9.17) is 9.47 Å². The lowest BCUT2D eigenvalue weighted by Crippen LogP contribution is -2.51. The maximum atomic E-state index is 14.2. The van der Waals surface area contributed by atoms with E-state index in [0.717, 1.165) is 12.8 Å². The summed E-state index contributed by atoms with van der Waals surface area (Å²) < 4.78 is 24.6. The number of ether oxygens (including phenoxy) is 2. The van der Waals surface area contributed by atoms with E-state index in [2.05, 4.69) is 5.32 Å². The summed E-state index contributed by atoms with van der Waals surface area (Å²) in [4.78, 5) is 12.3. The first-order valence-electron chi connectivity index (χ1n) is 7.26. The number of piperidine rings is 1. The van der Waals surface area contributed by atoms with Crippen LogP contribution in [0.4, 0.5) is 4.39 Å². The van der Waals surface area contributed by atoms with E-state index in [-0.39, 0.29) is 35.9 Å². The third-order valence-electron chi connectivity index (χ3n) is 4.79. The van der Waals surface area contributed by atoms with Gasteiger partial charge in [0.1, 0.15) is 5.82 Å². The molecule has 0 aromatic heterocycles. The van der Waals surface area contributed by atoms with Gasteiger partial charge >= 0.3 is 5.97 Å². The number of benzene rings is 1. The molecule has 1 N–H and O–H groups in total. The van der Waals surface area contributed by atoms with Crippen molar-refractivity contribution in [1.82, 2.24) is 5.32 Å². The van der Waals surface area contributed by atoms with Gasteiger partial charge in [-0.25, -0.2) is 4.39 Å². The summed E-state index contributed by atoms with van der Waals surface area (Å²) in [5, 5.41) is 3.43. The van der Waals surface area contributed by atoms with Crippen LogP contribution in [0.3, 0.4) is 0 Å². The van der Waals surface area contributed by atoms with E-state index in [1.165, 1.54) is 13.2 Å². The Kier molecular flexibility index (Phi) is 3.95. The Morgan fingerprint density at radius 3 is 2.71 bits per heavy atom. The van der Waals surface area contributed by atoms with Gasteiger partial charge in [-0.15, -0.1) is 0 Å². The molecule has 21 heavy (non-hydrogen) atoms. The standard InChI is InChI=1S/C16H20FNO3/c1-20-13-8-9-7-11(10-5-3-4-6-12(10)17)14(15(13)18-9)16(19)21-2/h3-6,9,11,13-15,18H,7-8H2,1-2H3/t9?,11-,13?,14?,15?/m0/s1. The van der Waals surface area contributed by atoms with Gasteiger partial charge in [0.25, 0.3) is 0 Å². The molecule has 0 radical (unpaired) electrons. The van der Waals surface area contributed by atoms with E-state index in [9.17, 15) is 9.18 Å². The predicted molar refractivity (Wildman–Crippen MR) is 75.4 cm³/mol. The van der Waals surface area contributed by atoms with E-state index >= 15 is 0 Å². The lowest BCUT2D eigenvalue weighted by atomic mass is 9.76. The smallest absolute Gasteiger partial charge is 0.310 e. The SMILES string of the molecule is COC(=O)C1C2NC(CC2OC)C[C@H]1c1ccccc1F. The van der Waals surface area contributed by atoms with Gasteiger partial charge in [0.05, 0.1) is 19.1 Å². The third-order valence-corrected chi connectivity index (χ3v) is 4.79.